The fourth-order valence-corrected chi connectivity index (χ4v) is 2.88. The largest absolute Gasteiger partial charge is 0.497 e. The summed E-state index contributed by atoms with van der Waals surface area (Å²) in [6.07, 6.45) is 0. The first-order chi connectivity index (χ1) is 11.5. The van der Waals surface area contributed by atoms with Gasteiger partial charge in [-0.2, -0.15) is 0 Å². The van der Waals surface area contributed by atoms with Crippen LogP contribution in [0.15, 0.2) is 40.9 Å². The number of nitrogens with one attached hydrogen (secondary N) is 1. The number of benzene rings is 2. The number of halogens is 1. The standard InChI is InChI=1S/C18H20BrNO4/c1-11(14-10-13(22-2)6-8-16(14)23-3)20-18(21)12-5-7-17(24-4)15(19)9-12/h5-11H,1-4H3,(H,20,21)/t11-/m1/s1. The van der Waals surface area contributed by atoms with Crippen molar-refractivity contribution in [2.45, 2.75) is 13.0 Å². The summed E-state index contributed by atoms with van der Waals surface area (Å²) in [4.78, 5) is 12.5. The molecule has 0 spiro atoms. The lowest BCUT2D eigenvalue weighted by atomic mass is 10.1. The average molecular weight is 394 g/mol. The summed E-state index contributed by atoms with van der Waals surface area (Å²) in [5.41, 5.74) is 1.38. The Bertz CT molecular complexity index is 733. The molecule has 0 bridgehead atoms. The molecule has 6 heteroatoms. The number of carbonyl (C=O) groups excluding carboxylic acids is 1. The van der Waals surface area contributed by atoms with Crippen LogP contribution in [0, 0.1) is 0 Å². The molecular formula is C18H20BrNO4. The van der Waals surface area contributed by atoms with Gasteiger partial charge in [-0.25, -0.2) is 0 Å². The van der Waals surface area contributed by atoms with E-state index in [1.807, 2.05) is 25.1 Å². The van der Waals surface area contributed by atoms with Gasteiger partial charge in [0.05, 0.1) is 31.8 Å². The molecule has 0 aliphatic rings. The lowest BCUT2D eigenvalue weighted by Crippen LogP contribution is -2.27. The smallest absolute Gasteiger partial charge is 0.251 e. The van der Waals surface area contributed by atoms with Crippen LogP contribution in [-0.2, 0) is 0 Å². The predicted octanol–water partition coefficient (Wildman–Crippen LogP) is 3.97. The predicted molar refractivity (Wildman–Crippen MR) is 96.1 cm³/mol. The summed E-state index contributed by atoms with van der Waals surface area (Å²) in [6, 6.07) is 10.4. The minimum absolute atomic E-state index is 0.185. The molecule has 0 saturated carbocycles. The molecule has 1 amide bonds. The maximum Gasteiger partial charge on any atom is 0.251 e. The van der Waals surface area contributed by atoms with E-state index in [2.05, 4.69) is 21.2 Å². The third-order valence-corrected chi connectivity index (χ3v) is 4.28. The zero-order valence-corrected chi connectivity index (χ0v) is 15.6. The number of carbonyl (C=O) groups is 1. The molecule has 0 aliphatic heterocycles. The quantitative estimate of drug-likeness (QED) is 0.806. The molecule has 1 N–H and O–H groups in total. The zero-order chi connectivity index (χ0) is 17.7. The number of ether oxygens (including phenoxy) is 3. The number of hydrogen-bond acceptors (Lipinski definition) is 4. The minimum Gasteiger partial charge on any atom is -0.497 e. The van der Waals surface area contributed by atoms with Crippen molar-refractivity contribution in [3.8, 4) is 17.2 Å². The average Bonchev–Trinajstić information content (AvgIpc) is 2.60. The molecular weight excluding hydrogens is 374 g/mol. The number of rotatable bonds is 6. The van der Waals surface area contributed by atoms with Crippen molar-refractivity contribution in [2.75, 3.05) is 21.3 Å². The van der Waals surface area contributed by atoms with Crippen LogP contribution < -0.4 is 19.5 Å². The van der Waals surface area contributed by atoms with Crippen molar-refractivity contribution < 1.29 is 19.0 Å². The van der Waals surface area contributed by atoms with Crippen LogP contribution in [-0.4, -0.2) is 27.2 Å². The molecule has 0 aromatic heterocycles. The van der Waals surface area contributed by atoms with E-state index in [9.17, 15) is 4.79 Å². The van der Waals surface area contributed by atoms with Crippen LogP contribution in [0.3, 0.4) is 0 Å². The second-order valence-corrected chi connectivity index (χ2v) is 6.01. The molecule has 2 aromatic carbocycles. The summed E-state index contributed by atoms with van der Waals surface area (Å²) in [5.74, 6) is 1.89. The van der Waals surface area contributed by atoms with Crippen molar-refractivity contribution in [2.24, 2.45) is 0 Å². The molecule has 2 aromatic rings. The summed E-state index contributed by atoms with van der Waals surface area (Å²) in [5, 5.41) is 2.97. The lowest BCUT2D eigenvalue weighted by molar-refractivity contribution is 0.0939. The lowest BCUT2D eigenvalue weighted by Gasteiger charge is -2.18. The number of amides is 1. The van der Waals surface area contributed by atoms with Gasteiger partial charge in [-0.15, -0.1) is 0 Å². The topological polar surface area (TPSA) is 56.8 Å². The monoisotopic (exact) mass is 393 g/mol. The Morgan fingerprint density at radius 2 is 1.67 bits per heavy atom. The highest BCUT2D eigenvalue weighted by Gasteiger charge is 2.17. The Morgan fingerprint density at radius 1 is 1.00 bits per heavy atom. The first-order valence-electron chi connectivity index (χ1n) is 7.36. The highest BCUT2D eigenvalue weighted by Crippen LogP contribution is 2.30. The normalized spacial score (nSPS) is 11.5. The Hall–Kier alpha value is -2.21. The van der Waals surface area contributed by atoms with E-state index in [0.717, 1.165) is 10.0 Å². The van der Waals surface area contributed by atoms with E-state index in [0.29, 0.717) is 22.8 Å². The van der Waals surface area contributed by atoms with Crippen LogP contribution in [0.1, 0.15) is 28.9 Å². The van der Waals surface area contributed by atoms with Crippen LogP contribution in [0.4, 0.5) is 0 Å². The molecule has 0 unspecified atom stereocenters. The van der Waals surface area contributed by atoms with E-state index >= 15 is 0 Å². The molecule has 1 atom stereocenters. The Labute approximate surface area is 150 Å². The van der Waals surface area contributed by atoms with Gasteiger partial charge in [-0.05, 0) is 59.3 Å². The molecule has 0 heterocycles. The van der Waals surface area contributed by atoms with E-state index in [1.165, 1.54) is 0 Å². The van der Waals surface area contributed by atoms with E-state index < -0.39 is 0 Å². The molecule has 0 aliphatic carbocycles. The minimum atomic E-state index is -0.247. The fourth-order valence-electron chi connectivity index (χ4n) is 2.34. The maximum absolute atomic E-state index is 12.5. The molecule has 0 saturated heterocycles. The van der Waals surface area contributed by atoms with Gasteiger partial charge in [0.15, 0.2) is 0 Å². The molecule has 5 nitrogen and oxygen atoms in total. The van der Waals surface area contributed by atoms with Crippen molar-refractivity contribution in [3.63, 3.8) is 0 Å². The van der Waals surface area contributed by atoms with Gasteiger partial charge < -0.3 is 19.5 Å². The third kappa shape index (κ3) is 4.00. The summed E-state index contributed by atoms with van der Waals surface area (Å²) in [7, 11) is 4.78. The van der Waals surface area contributed by atoms with Gasteiger partial charge in [0.25, 0.3) is 5.91 Å². The third-order valence-electron chi connectivity index (χ3n) is 3.66. The van der Waals surface area contributed by atoms with Crippen molar-refractivity contribution in [1.29, 1.82) is 0 Å². The zero-order valence-electron chi connectivity index (χ0n) is 14.1. The highest BCUT2D eigenvalue weighted by atomic mass is 79.9. The highest BCUT2D eigenvalue weighted by molar-refractivity contribution is 9.10. The number of methoxy groups -OCH3 is 3. The van der Waals surface area contributed by atoms with Crippen LogP contribution in [0.25, 0.3) is 0 Å². The van der Waals surface area contributed by atoms with E-state index in [1.54, 1.807) is 39.5 Å². The molecule has 0 fully saturated rings. The van der Waals surface area contributed by atoms with Crippen molar-refractivity contribution >= 4 is 21.8 Å². The Balaban J connectivity index is 2.21. The SMILES string of the molecule is COc1ccc(OC)c([C@@H](C)NC(=O)c2ccc(OC)c(Br)c2)c1. The van der Waals surface area contributed by atoms with Gasteiger partial charge in [0, 0.05) is 11.1 Å². The van der Waals surface area contributed by atoms with Crippen LogP contribution in [0.2, 0.25) is 0 Å². The first-order valence-corrected chi connectivity index (χ1v) is 8.15. The van der Waals surface area contributed by atoms with Gasteiger partial charge in [-0.1, -0.05) is 0 Å². The van der Waals surface area contributed by atoms with Gasteiger partial charge in [-0.3, -0.25) is 4.79 Å². The van der Waals surface area contributed by atoms with Crippen LogP contribution in [0.5, 0.6) is 17.2 Å². The van der Waals surface area contributed by atoms with E-state index in [4.69, 9.17) is 14.2 Å². The fraction of sp³-hybridized carbons (Fsp3) is 0.278. The van der Waals surface area contributed by atoms with Crippen LogP contribution >= 0.6 is 15.9 Å². The molecule has 24 heavy (non-hydrogen) atoms. The van der Waals surface area contributed by atoms with Crippen molar-refractivity contribution in [3.05, 3.63) is 52.0 Å². The molecule has 2 rings (SSSR count). The summed E-state index contributed by atoms with van der Waals surface area (Å²) >= 11 is 3.39. The van der Waals surface area contributed by atoms with E-state index in [-0.39, 0.29) is 11.9 Å². The van der Waals surface area contributed by atoms with Gasteiger partial charge >= 0.3 is 0 Å². The van der Waals surface area contributed by atoms with Crippen molar-refractivity contribution in [1.82, 2.24) is 5.32 Å². The first kappa shape index (κ1) is 18.1. The summed E-state index contributed by atoms with van der Waals surface area (Å²) in [6.45, 7) is 1.90. The van der Waals surface area contributed by atoms with Gasteiger partial charge in [0.1, 0.15) is 17.2 Å². The maximum atomic E-state index is 12.5. The number of hydrogen-bond donors (Lipinski definition) is 1. The van der Waals surface area contributed by atoms with Gasteiger partial charge in [0.2, 0.25) is 0 Å². The molecule has 128 valence electrons. The summed E-state index contributed by atoms with van der Waals surface area (Å²) < 4.78 is 16.5. The Kier molecular flexibility index (Phi) is 6.09. The molecule has 0 radical (unpaired) electrons. The second kappa shape index (κ2) is 8.06. The second-order valence-electron chi connectivity index (χ2n) is 5.15. The Morgan fingerprint density at radius 3 is 2.25 bits per heavy atom.